The molecule has 0 saturated carbocycles. The summed E-state index contributed by atoms with van der Waals surface area (Å²) in [4.78, 5) is 27.4. The maximum absolute atomic E-state index is 12.1. The third-order valence-corrected chi connectivity index (χ3v) is 2.73. The largest absolute Gasteiger partial charge is 0.341 e. The van der Waals surface area contributed by atoms with Gasteiger partial charge in [-0.15, -0.1) is 6.58 Å². The summed E-state index contributed by atoms with van der Waals surface area (Å²) >= 11 is 5.68. The summed E-state index contributed by atoms with van der Waals surface area (Å²) in [5.74, 6) is -0.444. The molecule has 0 unspecified atom stereocenters. The number of amides is 1. The first-order valence-corrected chi connectivity index (χ1v) is 6.01. The van der Waals surface area contributed by atoms with E-state index in [0.29, 0.717) is 6.54 Å². The van der Waals surface area contributed by atoms with Gasteiger partial charge in [0, 0.05) is 13.6 Å². The molecular weight excluding hydrogens is 270 g/mol. The number of nitro groups is 1. The van der Waals surface area contributed by atoms with Crippen molar-refractivity contribution in [1.29, 1.82) is 0 Å². The van der Waals surface area contributed by atoms with Crippen LogP contribution >= 0.6 is 11.6 Å². The molecule has 0 atom stereocenters. The van der Waals surface area contributed by atoms with Gasteiger partial charge < -0.3 is 4.90 Å². The highest BCUT2D eigenvalue weighted by molar-refractivity contribution is 6.29. The lowest BCUT2D eigenvalue weighted by Gasteiger charge is -2.16. The Bertz CT molecular complexity index is 505. The zero-order valence-corrected chi connectivity index (χ0v) is 11.3. The first-order chi connectivity index (χ1) is 8.97. The van der Waals surface area contributed by atoms with Gasteiger partial charge in [-0.1, -0.05) is 17.7 Å². The van der Waals surface area contributed by atoms with Crippen molar-refractivity contribution in [3.63, 3.8) is 0 Å². The molecule has 0 spiro atoms. The molecule has 0 aromatic carbocycles. The minimum atomic E-state index is -0.645. The normalized spacial score (nSPS) is 10.0. The molecule has 0 bridgehead atoms. The lowest BCUT2D eigenvalue weighted by atomic mass is 10.2. The molecule has 1 aromatic rings. The number of hydrogen-bond donors (Lipinski definition) is 0. The average molecular weight is 284 g/mol. The van der Waals surface area contributed by atoms with Crippen LogP contribution in [-0.4, -0.2) is 34.3 Å². The predicted octanol–water partition coefficient (Wildman–Crippen LogP) is 2.68. The molecule has 0 saturated heterocycles. The van der Waals surface area contributed by atoms with Crippen LogP contribution in [0.15, 0.2) is 24.9 Å². The number of aromatic nitrogens is 1. The van der Waals surface area contributed by atoms with E-state index in [9.17, 15) is 14.9 Å². The fourth-order valence-corrected chi connectivity index (χ4v) is 1.68. The number of hydrogen-bond acceptors (Lipinski definition) is 4. The van der Waals surface area contributed by atoms with Crippen LogP contribution in [0.2, 0.25) is 5.15 Å². The van der Waals surface area contributed by atoms with Gasteiger partial charge >= 0.3 is 0 Å². The highest BCUT2D eigenvalue weighted by atomic mass is 35.5. The number of carbonyl (C=O) groups excluding carboxylic acids is 1. The summed E-state index contributed by atoms with van der Waals surface area (Å²) in [6.07, 6.45) is 4.27. The van der Waals surface area contributed by atoms with Gasteiger partial charge in [-0.3, -0.25) is 14.9 Å². The van der Waals surface area contributed by atoms with Gasteiger partial charge in [-0.25, -0.2) is 4.98 Å². The van der Waals surface area contributed by atoms with Crippen molar-refractivity contribution >= 4 is 23.2 Å². The van der Waals surface area contributed by atoms with Gasteiger partial charge in [0.1, 0.15) is 16.9 Å². The van der Waals surface area contributed by atoms with Crippen LogP contribution in [0.25, 0.3) is 0 Å². The van der Waals surface area contributed by atoms with E-state index in [1.807, 2.05) is 0 Å². The van der Waals surface area contributed by atoms with Crippen molar-refractivity contribution in [3.8, 4) is 0 Å². The first-order valence-electron chi connectivity index (χ1n) is 5.63. The maximum atomic E-state index is 12.1. The zero-order valence-electron chi connectivity index (χ0n) is 10.5. The van der Waals surface area contributed by atoms with Gasteiger partial charge in [-0.05, 0) is 18.9 Å². The summed E-state index contributed by atoms with van der Waals surface area (Å²) in [7, 11) is 1.59. The van der Waals surface area contributed by atoms with E-state index in [2.05, 4.69) is 11.6 Å². The van der Waals surface area contributed by atoms with E-state index < -0.39 is 10.8 Å². The predicted molar refractivity (Wildman–Crippen MR) is 72.3 cm³/mol. The Morgan fingerprint density at radius 1 is 1.68 bits per heavy atom. The van der Waals surface area contributed by atoms with Crippen molar-refractivity contribution < 1.29 is 9.72 Å². The van der Waals surface area contributed by atoms with Crippen LogP contribution in [0.3, 0.4) is 0 Å². The third kappa shape index (κ3) is 4.03. The molecule has 0 fully saturated rings. The first kappa shape index (κ1) is 15.1. The molecule has 0 radical (unpaired) electrons. The second-order valence-corrected chi connectivity index (χ2v) is 4.33. The number of nitrogens with zero attached hydrogens (tertiary/aromatic N) is 3. The molecule has 0 N–H and O–H groups in total. The molecule has 1 heterocycles. The summed E-state index contributed by atoms with van der Waals surface area (Å²) in [5.41, 5.74) is -0.393. The smallest absolute Gasteiger partial charge is 0.300 e. The molecule has 0 aliphatic heterocycles. The van der Waals surface area contributed by atoms with Crippen molar-refractivity contribution in [2.45, 2.75) is 12.8 Å². The van der Waals surface area contributed by atoms with Crippen molar-refractivity contribution in [3.05, 3.63) is 45.7 Å². The van der Waals surface area contributed by atoms with E-state index in [1.165, 1.54) is 11.0 Å². The van der Waals surface area contributed by atoms with E-state index in [1.54, 1.807) is 13.1 Å². The SMILES string of the molecule is C=CCCCN(C)C(=O)c1cc(Cl)ncc1[N+](=O)[O-]. The molecule has 1 rings (SSSR count). The van der Waals surface area contributed by atoms with Gasteiger partial charge in [0.2, 0.25) is 0 Å². The van der Waals surface area contributed by atoms with Crippen LogP contribution in [-0.2, 0) is 0 Å². The number of pyridine rings is 1. The summed E-state index contributed by atoms with van der Waals surface area (Å²) in [6, 6.07) is 1.21. The van der Waals surface area contributed by atoms with Crippen LogP contribution in [0, 0.1) is 10.1 Å². The van der Waals surface area contributed by atoms with Crippen LogP contribution in [0.1, 0.15) is 23.2 Å². The number of halogens is 1. The molecule has 6 nitrogen and oxygen atoms in total. The minimum Gasteiger partial charge on any atom is -0.341 e. The molecule has 102 valence electrons. The fourth-order valence-electron chi connectivity index (χ4n) is 1.52. The van der Waals surface area contributed by atoms with Crippen LogP contribution in [0.5, 0.6) is 0 Å². The Morgan fingerprint density at radius 3 is 2.95 bits per heavy atom. The number of unbranched alkanes of at least 4 members (excludes halogenated alkanes) is 1. The third-order valence-electron chi connectivity index (χ3n) is 2.53. The van der Waals surface area contributed by atoms with E-state index in [-0.39, 0.29) is 16.4 Å². The van der Waals surface area contributed by atoms with Gasteiger partial charge in [-0.2, -0.15) is 0 Å². The van der Waals surface area contributed by atoms with Crippen molar-refractivity contribution in [1.82, 2.24) is 9.88 Å². The Hall–Kier alpha value is -1.95. The lowest BCUT2D eigenvalue weighted by molar-refractivity contribution is -0.385. The Kier molecular flexibility index (Phi) is 5.44. The number of carbonyl (C=O) groups is 1. The zero-order chi connectivity index (χ0) is 14.4. The van der Waals surface area contributed by atoms with E-state index in [0.717, 1.165) is 19.0 Å². The van der Waals surface area contributed by atoms with Crippen LogP contribution in [0.4, 0.5) is 5.69 Å². The van der Waals surface area contributed by atoms with E-state index in [4.69, 9.17) is 11.6 Å². The van der Waals surface area contributed by atoms with Crippen molar-refractivity contribution in [2.24, 2.45) is 0 Å². The monoisotopic (exact) mass is 283 g/mol. The van der Waals surface area contributed by atoms with Crippen LogP contribution < -0.4 is 0 Å². The van der Waals surface area contributed by atoms with Crippen molar-refractivity contribution in [2.75, 3.05) is 13.6 Å². The second kappa shape index (κ2) is 6.84. The standard InChI is InChI=1S/C12H14ClN3O3/c1-3-4-5-6-15(2)12(17)9-7-11(13)14-8-10(9)16(18)19/h3,7-8H,1,4-6H2,2H3. The molecule has 0 aliphatic carbocycles. The second-order valence-electron chi connectivity index (χ2n) is 3.94. The molecule has 1 aromatic heterocycles. The Morgan fingerprint density at radius 2 is 2.37 bits per heavy atom. The fraction of sp³-hybridized carbons (Fsp3) is 0.333. The molecule has 1 amide bonds. The summed E-state index contributed by atoms with van der Waals surface area (Å²) in [5, 5.41) is 10.9. The highest BCUT2D eigenvalue weighted by Gasteiger charge is 2.23. The Labute approximate surface area is 115 Å². The van der Waals surface area contributed by atoms with Gasteiger partial charge in [0.05, 0.1) is 4.92 Å². The quantitative estimate of drug-likeness (QED) is 0.264. The molecule has 0 aliphatic rings. The van der Waals surface area contributed by atoms with Gasteiger partial charge in [0.15, 0.2) is 0 Å². The summed E-state index contributed by atoms with van der Waals surface area (Å²) in [6.45, 7) is 4.08. The molecular formula is C12H14ClN3O3. The number of allylic oxidation sites excluding steroid dienone is 1. The number of rotatable bonds is 6. The maximum Gasteiger partial charge on any atom is 0.300 e. The topological polar surface area (TPSA) is 76.3 Å². The highest BCUT2D eigenvalue weighted by Crippen LogP contribution is 2.21. The molecule has 19 heavy (non-hydrogen) atoms. The van der Waals surface area contributed by atoms with E-state index >= 15 is 0 Å². The minimum absolute atomic E-state index is 0.0495. The van der Waals surface area contributed by atoms with Gasteiger partial charge in [0.25, 0.3) is 11.6 Å². The summed E-state index contributed by atoms with van der Waals surface area (Å²) < 4.78 is 0. The average Bonchev–Trinajstić information content (AvgIpc) is 2.37. The Balaban J connectivity index is 2.94. The lowest BCUT2D eigenvalue weighted by Crippen LogP contribution is -2.28. The molecule has 7 heteroatoms.